The van der Waals surface area contributed by atoms with Gasteiger partial charge in [0.25, 0.3) is 0 Å². The van der Waals surface area contributed by atoms with Gasteiger partial charge in [-0.15, -0.1) is 0 Å². The fourth-order valence-corrected chi connectivity index (χ4v) is 3.02. The molecule has 1 aliphatic carbocycles. The average Bonchev–Trinajstić information content (AvgIpc) is 2.67. The number of nitrogens with zero attached hydrogens (tertiary/aromatic N) is 1. The van der Waals surface area contributed by atoms with Crippen molar-refractivity contribution in [2.24, 2.45) is 0 Å². The Bertz CT molecular complexity index is 621. The Balaban J connectivity index is 2.24. The maximum absolute atomic E-state index is 10.3. The van der Waals surface area contributed by atoms with E-state index in [1.807, 2.05) is 6.07 Å². The van der Waals surface area contributed by atoms with Crippen LogP contribution in [0, 0.1) is 0 Å². The highest BCUT2D eigenvalue weighted by atomic mass is 35.5. The summed E-state index contributed by atoms with van der Waals surface area (Å²) < 4.78 is 0. The summed E-state index contributed by atoms with van der Waals surface area (Å²) in [6.45, 7) is 0. The normalized spacial score (nSPS) is 15.0. The van der Waals surface area contributed by atoms with Crippen molar-refractivity contribution in [3.8, 4) is 17.0 Å². The molecular weight excluding hydrogens is 262 g/mol. The third-order valence-electron chi connectivity index (χ3n) is 3.69. The van der Waals surface area contributed by atoms with Gasteiger partial charge in [-0.05, 0) is 42.9 Å². The number of phenolic OH excluding ortho intramolecular Hbond substituents is 1. The van der Waals surface area contributed by atoms with Gasteiger partial charge in [-0.25, -0.2) is 0 Å². The maximum Gasteiger partial charge on any atom is 0.145 e. The number of H-pyrrole nitrogens is 1. The number of hydrogen-bond acceptors (Lipinski definition) is 3. The van der Waals surface area contributed by atoms with Gasteiger partial charge in [0.05, 0.1) is 10.7 Å². The van der Waals surface area contributed by atoms with Crippen LogP contribution < -0.4 is 5.73 Å². The Kier molecular flexibility index (Phi) is 3.11. The van der Waals surface area contributed by atoms with Crippen molar-refractivity contribution in [3.05, 3.63) is 28.3 Å². The zero-order valence-electron chi connectivity index (χ0n) is 10.5. The molecule has 4 nitrogen and oxygen atoms in total. The highest BCUT2D eigenvalue weighted by Crippen LogP contribution is 2.41. The van der Waals surface area contributed by atoms with Crippen LogP contribution in [0.5, 0.6) is 5.75 Å². The molecule has 0 fully saturated rings. The number of phenols is 1. The zero-order chi connectivity index (χ0) is 13.4. The van der Waals surface area contributed by atoms with E-state index < -0.39 is 0 Å². The lowest BCUT2D eigenvalue weighted by Gasteiger charge is -2.14. The summed E-state index contributed by atoms with van der Waals surface area (Å²) in [5.74, 6) is 0.530. The maximum atomic E-state index is 10.3. The van der Waals surface area contributed by atoms with Gasteiger partial charge in [0, 0.05) is 11.6 Å². The quantitative estimate of drug-likeness (QED) is 0.700. The molecule has 0 atom stereocenters. The number of anilines is 1. The lowest BCUT2D eigenvalue weighted by molar-refractivity contribution is 0.476. The highest BCUT2D eigenvalue weighted by molar-refractivity contribution is 6.32. The van der Waals surface area contributed by atoms with E-state index in [9.17, 15) is 5.11 Å². The number of aromatic nitrogens is 2. The molecule has 0 aliphatic heterocycles. The first kappa shape index (κ1) is 12.4. The molecule has 0 amide bonds. The number of aromatic hydroxyl groups is 1. The number of halogens is 1. The van der Waals surface area contributed by atoms with Crippen LogP contribution in [0.1, 0.15) is 30.4 Å². The SMILES string of the molecule is Nc1cc(-c2c(O)c(Cl)cc3c2CCCCC3)[nH]n1. The number of benzene rings is 1. The standard InChI is InChI=1S/C14H16ClN3O/c15-10-6-8-4-2-1-3-5-9(8)13(14(10)19)11-7-12(16)18-17-11/h6-7,19H,1-5H2,(H3,16,17,18). The molecule has 0 unspecified atom stereocenters. The molecule has 2 aromatic rings. The Labute approximate surface area is 116 Å². The minimum atomic E-state index is 0.117. The van der Waals surface area contributed by atoms with Crippen LogP contribution in [-0.4, -0.2) is 15.3 Å². The molecule has 0 bridgehead atoms. The first-order chi connectivity index (χ1) is 9.16. The first-order valence-corrected chi connectivity index (χ1v) is 6.89. The van der Waals surface area contributed by atoms with E-state index in [1.54, 1.807) is 6.07 Å². The van der Waals surface area contributed by atoms with Gasteiger partial charge in [0.15, 0.2) is 0 Å². The Hall–Kier alpha value is -1.68. The molecule has 19 heavy (non-hydrogen) atoms. The number of fused-ring (bicyclic) bond motifs is 1. The van der Waals surface area contributed by atoms with E-state index in [-0.39, 0.29) is 5.75 Å². The molecule has 4 N–H and O–H groups in total. The lowest BCUT2D eigenvalue weighted by Crippen LogP contribution is -1.97. The van der Waals surface area contributed by atoms with Crippen molar-refractivity contribution in [3.63, 3.8) is 0 Å². The molecule has 0 spiro atoms. The number of hydrogen-bond donors (Lipinski definition) is 3. The number of nitrogens with two attached hydrogens (primary N) is 1. The minimum absolute atomic E-state index is 0.117. The predicted octanol–water partition coefficient (Wildman–Crippen LogP) is 3.29. The molecule has 1 aromatic heterocycles. The third kappa shape index (κ3) is 2.16. The molecule has 1 heterocycles. The number of rotatable bonds is 1. The van der Waals surface area contributed by atoms with Crippen molar-refractivity contribution < 1.29 is 5.11 Å². The van der Waals surface area contributed by atoms with E-state index in [0.717, 1.165) is 30.5 Å². The lowest BCUT2D eigenvalue weighted by atomic mass is 9.94. The fraction of sp³-hybridized carbons (Fsp3) is 0.357. The molecule has 0 radical (unpaired) electrons. The van der Waals surface area contributed by atoms with Gasteiger partial charge in [0.2, 0.25) is 0 Å². The van der Waals surface area contributed by atoms with Crippen LogP contribution in [0.4, 0.5) is 5.82 Å². The summed E-state index contributed by atoms with van der Waals surface area (Å²) in [6.07, 6.45) is 5.46. The smallest absolute Gasteiger partial charge is 0.145 e. The fourth-order valence-electron chi connectivity index (χ4n) is 2.79. The van der Waals surface area contributed by atoms with Crippen molar-refractivity contribution in [1.82, 2.24) is 10.2 Å². The molecule has 3 rings (SSSR count). The van der Waals surface area contributed by atoms with Gasteiger partial charge >= 0.3 is 0 Å². The molecule has 0 saturated heterocycles. The Morgan fingerprint density at radius 3 is 2.74 bits per heavy atom. The number of aromatic amines is 1. The van der Waals surface area contributed by atoms with Gasteiger partial charge < -0.3 is 10.8 Å². The van der Waals surface area contributed by atoms with Crippen LogP contribution in [0.15, 0.2) is 12.1 Å². The number of nitrogens with one attached hydrogen (secondary N) is 1. The van der Waals surface area contributed by atoms with Gasteiger partial charge in [0.1, 0.15) is 11.6 Å². The third-order valence-corrected chi connectivity index (χ3v) is 3.98. The van der Waals surface area contributed by atoms with Crippen molar-refractivity contribution in [2.75, 3.05) is 5.73 Å². The van der Waals surface area contributed by atoms with Crippen LogP contribution in [0.2, 0.25) is 5.02 Å². The summed E-state index contributed by atoms with van der Waals surface area (Å²) in [7, 11) is 0. The summed E-state index contributed by atoms with van der Waals surface area (Å²) in [4.78, 5) is 0. The Morgan fingerprint density at radius 2 is 2.00 bits per heavy atom. The largest absolute Gasteiger partial charge is 0.506 e. The molecule has 0 saturated carbocycles. The highest BCUT2D eigenvalue weighted by Gasteiger charge is 2.20. The van der Waals surface area contributed by atoms with Gasteiger partial charge in [-0.2, -0.15) is 5.10 Å². The van der Waals surface area contributed by atoms with E-state index >= 15 is 0 Å². The zero-order valence-corrected chi connectivity index (χ0v) is 11.3. The molecule has 1 aromatic carbocycles. The van der Waals surface area contributed by atoms with Crippen LogP contribution >= 0.6 is 11.6 Å². The van der Waals surface area contributed by atoms with E-state index in [2.05, 4.69) is 10.2 Å². The summed E-state index contributed by atoms with van der Waals surface area (Å²) >= 11 is 6.15. The minimum Gasteiger partial charge on any atom is -0.506 e. The van der Waals surface area contributed by atoms with Crippen LogP contribution in [0.3, 0.4) is 0 Å². The number of aryl methyl sites for hydroxylation is 1. The molecule has 100 valence electrons. The van der Waals surface area contributed by atoms with Crippen molar-refractivity contribution in [2.45, 2.75) is 32.1 Å². The van der Waals surface area contributed by atoms with Gasteiger partial charge in [-0.1, -0.05) is 18.0 Å². The molecule has 5 heteroatoms. The Morgan fingerprint density at radius 1 is 1.21 bits per heavy atom. The second-order valence-electron chi connectivity index (χ2n) is 4.99. The van der Waals surface area contributed by atoms with E-state index in [0.29, 0.717) is 10.8 Å². The van der Waals surface area contributed by atoms with Crippen molar-refractivity contribution in [1.29, 1.82) is 0 Å². The second-order valence-corrected chi connectivity index (χ2v) is 5.39. The monoisotopic (exact) mass is 277 g/mol. The van der Waals surface area contributed by atoms with E-state index in [4.69, 9.17) is 17.3 Å². The summed E-state index contributed by atoms with van der Waals surface area (Å²) in [5, 5.41) is 17.5. The predicted molar refractivity (Wildman–Crippen MR) is 76.4 cm³/mol. The van der Waals surface area contributed by atoms with E-state index in [1.165, 1.54) is 24.0 Å². The second kappa shape index (κ2) is 4.78. The molecular formula is C14H16ClN3O. The van der Waals surface area contributed by atoms with Crippen LogP contribution in [-0.2, 0) is 12.8 Å². The van der Waals surface area contributed by atoms with Gasteiger partial charge in [-0.3, -0.25) is 5.10 Å². The first-order valence-electron chi connectivity index (χ1n) is 6.51. The number of nitrogen functional groups attached to an aromatic ring is 1. The summed E-state index contributed by atoms with van der Waals surface area (Å²) in [5.41, 5.74) is 9.54. The summed E-state index contributed by atoms with van der Waals surface area (Å²) in [6, 6.07) is 3.62. The van der Waals surface area contributed by atoms with Crippen LogP contribution in [0.25, 0.3) is 11.3 Å². The average molecular weight is 278 g/mol. The topological polar surface area (TPSA) is 74.9 Å². The van der Waals surface area contributed by atoms with Crippen molar-refractivity contribution >= 4 is 17.4 Å². The molecule has 1 aliphatic rings.